The lowest BCUT2D eigenvalue weighted by molar-refractivity contribution is 0.284. The molecule has 0 atom stereocenters. The third-order valence-corrected chi connectivity index (χ3v) is 2.14. The summed E-state index contributed by atoms with van der Waals surface area (Å²) < 4.78 is 5.41. The monoisotopic (exact) mass is 195 g/mol. The number of hydrogen-bond acceptors (Lipinski definition) is 2. The van der Waals surface area contributed by atoms with Gasteiger partial charge in [0, 0.05) is 23.6 Å². The Bertz CT molecular complexity index is 318. The fraction of sp³-hybridized carbons (Fsp3) is 0.300. The molecule has 3 heteroatoms. The molecule has 0 fully saturated rings. The third kappa shape index (κ3) is 2.01. The van der Waals surface area contributed by atoms with Crippen LogP contribution in [0.15, 0.2) is 29.3 Å². The molecule has 2 nitrogen and oxygen atoms in total. The van der Waals surface area contributed by atoms with Gasteiger partial charge in [-0.25, -0.2) is 0 Å². The standard InChI is InChI=1S/C10H10ClNO/c11-9-4-2-8(3-5-9)10-12-6-1-7-13-10/h2-5H,1,6-7H2. The summed E-state index contributed by atoms with van der Waals surface area (Å²) in [5.74, 6) is 0.739. The van der Waals surface area contributed by atoms with Gasteiger partial charge >= 0.3 is 0 Å². The smallest absolute Gasteiger partial charge is 0.216 e. The highest BCUT2D eigenvalue weighted by molar-refractivity contribution is 6.30. The maximum absolute atomic E-state index is 5.77. The van der Waals surface area contributed by atoms with Crippen LogP contribution in [0, 0.1) is 0 Å². The normalized spacial score (nSPS) is 16.2. The maximum atomic E-state index is 5.77. The summed E-state index contributed by atoms with van der Waals surface area (Å²) in [6, 6.07) is 7.54. The van der Waals surface area contributed by atoms with Crippen molar-refractivity contribution in [2.75, 3.05) is 13.2 Å². The second-order valence-corrected chi connectivity index (χ2v) is 3.33. The number of halogens is 1. The summed E-state index contributed by atoms with van der Waals surface area (Å²) in [5, 5.41) is 0.736. The van der Waals surface area contributed by atoms with Crippen molar-refractivity contribution in [1.82, 2.24) is 0 Å². The zero-order valence-corrected chi connectivity index (χ0v) is 7.92. The Morgan fingerprint density at radius 3 is 2.62 bits per heavy atom. The fourth-order valence-electron chi connectivity index (χ4n) is 1.23. The van der Waals surface area contributed by atoms with E-state index in [0.717, 1.165) is 36.1 Å². The van der Waals surface area contributed by atoms with E-state index in [-0.39, 0.29) is 0 Å². The number of nitrogens with zero attached hydrogens (tertiary/aromatic N) is 1. The first-order valence-electron chi connectivity index (χ1n) is 4.29. The quantitative estimate of drug-likeness (QED) is 0.675. The van der Waals surface area contributed by atoms with Crippen molar-refractivity contribution in [3.05, 3.63) is 34.9 Å². The summed E-state index contributed by atoms with van der Waals surface area (Å²) in [6.45, 7) is 1.62. The average Bonchev–Trinajstić information content (AvgIpc) is 2.20. The highest BCUT2D eigenvalue weighted by Crippen LogP contribution is 2.12. The maximum Gasteiger partial charge on any atom is 0.216 e. The Morgan fingerprint density at radius 1 is 1.23 bits per heavy atom. The topological polar surface area (TPSA) is 21.6 Å². The van der Waals surface area contributed by atoms with Gasteiger partial charge in [0.05, 0.1) is 6.61 Å². The van der Waals surface area contributed by atoms with Crippen LogP contribution < -0.4 is 0 Å². The van der Waals surface area contributed by atoms with Crippen LogP contribution in [0.3, 0.4) is 0 Å². The van der Waals surface area contributed by atoms with Crippen molar-refractivity contribution in [2.24, 2.45) is 4.99 Å². The molecular formula is C10H10ClNO. The van der Waals surface area contributed by atoms with E-state index in [2.05, 4.69) is 4.99 Å². The van der Waals surface area contributed by atoms with E-state index in [1.165, 1.54) is 0 Å². The molecule has 0 saturated heterocycles. The molecule has 1 heterocycles. The van der Waals surface area contributed by atoms with Crippen LogP contribution in [0.1, 0.15) is 12.0 Å². The average molecular weight is 196 g/mol. The van der Waals surface area contributed by atoms with Gasteiger partial charge in [-0.05, 0) is 24.3 Å². The van der Waals surface area contributed by atoms with Crippen molar-refractivity contribution < 1.29 is 4.74 Å². The molecule has 1 aliphatic rings. The van der Waals surface area contributed by atoms with Crippen LogP contribution in [0.5, 0.6) is 0 Å². The van der Waals surface area contributed by atoms with E-state index in [1.54, 1.807) is 0 Å². The second-order valence-electron chi connectivity index (χ2n) is 2.90. The van der Waals surface area contributed by atoms with E-state index in [1.807, 2.05) is 24.3 Å². The molecule has 0 spiro atoms. The van der Waals surface area contributed by atoms with Crippen molar-refractivity contribution in [3.8, 4) is 0 Å². The minimum atomic E-state index is 0.736. The molecule has 13 heavy (non-hydrogen) atoms. The molecule has 0 aromatic heterocycles. The van der Waals surface area contributed by atoms with Gasteiger partial charge in [-0.2, -0.15) is 0 Å². The summed E-state index contributed by atoms with van der Waals surface area (Å²) in [7, 11) is 0. The summed E-state index contributed by atoms with van der Waals surface area (Å²) in [5.41, 5.74) is 1.00. The fourth-order valence-corrected chi connectivity index (χ4v) is 1.35. The lowest BCUT2D eigenvalue weighted by Gasteiger charge is -2.13. The predicted octanol–water partition coefficient (Wildman–Crippen LogP) is 2.51. The van der Waals surface area contributed by atoms with Crippen LogP contribution in [0.4, 0.5) is 0 Å². The molecule has 0 amide bonds. The van der Waals surface area contributed by atoms with Crippen LogP contribution in [0.2, 0.25) is 5.02 Å². The number of ether oxygens (including phenoxy) is 1. The van der Waals surface area contributed by atoms with Crippen molar-refractivity contribution >= 4 is 17.5 Å². The molecule has 0 N–H and O–H groups in total. The van der Waals surface area contributed by atoms with Gasteiger partial charge in [-0.1, -0.05) is 11.6 Å². The Labute approximate surface area is 82.2 Å². The van der Waals surface area contributed by atoms with Crippen LogP contribution in [0.25, 0.3) is 0 Å². The Balaban J connectivity index is 2.24. The number of rotatable bonds is 1. The SMILES string of the molecule is Clc1ccc(C2=NCCCO2)cc1. The van der Waals surface area contributed by atoms with E-state index in [0.29, 0.717) is 0 Å². The first kappa shape index (κ1) is 8.57. The second kappa shape index (κ2) is 3.79. The molecule has 0 bridgehead atoms. The van der Waals surface area contributed by atoms with Crippen LogP contribution in [-0.2, 0) is 4.74 Å². The molecule has 0 aliphatic carbocycles. The first-order valence-corrected chi connectivity index (χ1v) is 4.67. The highest BCUT2D eigenvalue weighted by atomic mass is 35.5. The Morgan fingerprint density at radius 2 is 2.00 bits per heavy atom. The number of hydrogen-bond donors (Lipinski definition) is 0. The number of benzene rings is 1. The minimum Gasteiger partial charge on any atom is -0.477 e. The lowest BCUT2D eigenvalue weighted by Crippen LogP contribution is -2.14. The van der Waals surface area contributed by atoms with Gasteiger partial charge < -0.3 is 4.74 Å². The van der Waals surface area contributed by atoms with Gasteiger partial charge in [0.2, 0.25) is 5.90 Å². The van der Waals surface area contributed by atoms with E-state index < -0.39 is 0 Å². The van der Waals surface area contributed by atoms with Gasteiger partial charge in [0.1, 0.15) is 0 Å². The van der Waals surface area contributed by atoms with E-state index in [9.17, 15) is 0 Å². The summed E-state index contributed by atoms with van der Waals surface area (Å²) in [4.78, 5) is 4.28. The summed E-state index contributed by atoms with van der Waals surface area (Å²) in [6.07, 6.45) is 1.01. The Kier molecular flexibility index (Phi) is 2.50. The van der Waals surface area contributed by atoms with Crippen LogP contribution in [-0.4, -0.2) is 19.0 Å². The molecule has 0 radical (unpaired) electrons. The van der Waals surface area contributed by atoms with Gasteiger partial charge in [-0.3, -0.25) is 4.99 Å². The van der Waals surface area contributed by atoms with Crippen molar-refractivity contribution in [2.45, 2.75) is 6.42 Å². The molecule has 0 saturated carbocycles. The predicted molar refractivity (Wildman–Crippen MR) is 53.4 cm³/mol. The highest BCUT2D eigenvalue weighted by Gasteiger charge is 2.07. The first-order chi connectivity index (χ1) is 6.36. The molecular weight excluding hydrogens is 186 g/mol. The molecule has 2 rings (SSSR count). The van der Waals surface area contributed by atoms with Gasteiger partial charge in [0.25, 0.3) is 0 Å². The van der Waals surface area contributed by atoms with Gasteiger partial charge in [-0.15, -0.1) is 0 Å². The molecule has 0 unspecified atom stereocenters. The van der Waals surface area contributed by atoms with Crippen molar-refractivity contribution in [1.29, 1.82) is 0 Å². The summed E-state index contributed by atoms with van der Waals surface area (Å²) >= 11 is 5.77. The molecule has 1 aliphatic heterocycles. The van der Waals surface area contributed by atoms with E-state index in [4.69, 9.17) is 16.3 Å². The molecule has 1 aromatic carbocycles. The zero-order valence-electron chi connectivity index (χ0n) is 7.16. The van der Waals surface area contributed by atoms with E-state index >= 15 is 0 Å². The largest absolute Gasteiger partial charge is 0.477 e. The third-order valence-electron chi connectivity index (χ3n) is 1.89. The van der Waals surface area contributed by atoms with Gasteiger partial charge in [0.15, 0.2) is 0 Å². The zero-order chi connectivity index (χ0) is 9.10. The Hall–Kier alpha value is -1.02. The molecule has 1 aromatic rings. The molecule has 68 valence electrons. The minimum absolute atomic E-state index is 0.736. The van der Waals surface area contributed by atoms with Crippen LogP contribution >= 0.6 is 11.6 Å². The van der Waals surface area contributed by atoms with Crippen molar-refractivity contribution in [3.63, 3.8) is 0 Å². The lowest BCUT2D eigenvalue weighted by atomic mass is 10.2. The number of aliphatic imine (C=N–C) groups is 1.